The Morgan fingerprint density at radius 1 is 1.25 bits per heavy atom. The van der Waals surface area contributed by atoms with Crippen LogP contribution < -0.4 is 5.73 Å². The van der Waals surface area contributed by atoms with Crippen LogP contribution in [-0.4, -0.2) is 4.98 Å². The molecule has 1 heterocycles. The molecule has 2 aromatic rings. The van der Waals surface area contributed by atoms with E-state index in [1.54, 1.807) is 18.3 Å². The molecule has 0 amide bonds. The fourth-order valence-corrected chi connectivity index (χ4v) is 1.38. The van der Waals surface area contributed by atoms with Gasteiger partial charge in [0.1, 0.15) is 0 Å². The summed E-state index contributed by atoms with van der Waals surface area (Å²) in [5.74, 6) is 0. The van der Waals surface area contributed by atoms with Gasteiger partial charge in [-0.1, -0.05) is 23.7 Å². The molecule has 12 heavy (non-hydrogen) atoms. The third-order valence-electron chi connectivity index (χ3n) is 1.76. The average Bonchev–Trinajstić information content (AvgIpc) is 2.07. The molecular weight excluding hydrogens is 172 g/mol. The van der Waals surface area contributed by atoms with Crippen LogP contribution in [0.15, 0.2) is 30.5 Å². The number of nitrogens with two attached hydrogens (primary N) is 1. The van der Waals surface area contributed by atoms with Crippen LogP contribution in [0.1, 0.15) is 0 Å². The normalized spacial score (nSPS) is 10.4. The Bertz CT molecular complexity index is 385. The highest BCUT2D eigenvalue weighted by molar-refractivity contribution is 6.35. The largest absolute Gasteiger partial charge is 0.398 e. The van der Waals surface area contributed by atoms with Gasteiger partial charge in [-0.15, -0.1) is 0 Å². The molecule has 0 aliphatic rings. The first kappa shape index (κ1) is 7.37. The maximum atomic E-state index is 5.91. The number of halogens is 1. The molecule has 0 unspecified atom stereocenters. The number of hydrogen-bond donors (Lipinski definition) is 1. The van der Waals surface area contributed by atoms with Crippen LogP contribution in [-0.2, 0) is 0 Å². The summed E-state index contributed by atoms with van der Waals surface area (Å²) in [5.41, 5.74) is 7.20. The molecule has 3 heteroatoms. The van der Waals surface area contributed by atoms with E-state index in [0.29, 0.717) is 10.7 Å². The van der Waals surface area contributed by atoms with Crippen LogP contribution >= 0.6 is 11.6 Å². The molecule has 0 atom stereocenters. The molecule has 1 aromatic carbocycles. The van der Waals surface area contributed by atoms with E-state index in [1.807, 2.05) is 12.1 Å². The summed E-state index contributed by atoms with van der Waals surface area (Å²) in [6, 6.07) is 7.33. The number of nitrogens with zero attached hydrogens (tertiary/aromatic N) is 1. The summed E-state index contributed by atoms with van der Waals surface area (Å²) in [6.07, 6.45) is 1.66. The minimum absolute atomic E-state index is 0.639. The van der Waals surface area contributed by atoms with Gasteiger partial charge in [-0.2, -0.15) is 0 Å². The van der Waals surface area contributed by atoms with Crippen molar-refractivity contribution in [3.63, 3.8) is 0 Å². The van der Waals surface area contributed by atoms with Crippen molar-refractivity contribution in [2.75, 3.05) is 5.73 Å². The van der Waals surface area contributed by atoms with E-state index in [0.717, 1.165) is 10.9 Å². The third kappa shape index (κ3) is 1.01. The number of hydrogen-bond acceptors (Lipinski definition) is 2. The van der Waals surface area contributed by atoms with Gasteiger partial charge in [0.15, 0.2) is 0 Å². The summed E-state index contributed by atoms with van der Waals surface area (Å²) < 4.78 is 0. The molecule has 2 nitrogen and oxygen atoms in total. The monoisotopic (exact) mass is 178 g/mol. The first-order chi connectivity index (χ1) is 5.79. The summed E-state index contributed by atoms with van der Waals surface area (Å²) in [6.45, 7) is 0. The third-order valence-corrected chi connectivity index (χ3v) is 2.06. The molecule has 0 saturated carbocycles. The van der Waals surface area contributed by atoms with E-state index in [1.165, 1.54) is 0 Å². The van der Waals surface area contributed by atoms with Gasteiger partial charge in [-0.25, -0.2) is 0 Å². The topological polar surface area (TPSA) is 38.9 Å². The molecule has 0 fully saturated rings. The zero-order chi connectivity index (χ0) is 8.55. The minimum atomic E-state index is 0.639. The summed E-state index contributed by atoms with van der Waals surface area (Å²) in [7, 11) is 0. The van der Waals surface area contributed by atoms with Crippen molar-refractivity contribution >= 4 is 28.2 Å². The van der Waals surface area contributed by atoms with Crippen LogP contribution in [0.25, 0.3) is 10.9 Å². The lowest BCUT2D eigenvalue weighted by Crippen LogP contribution is -1.88. The Kier molecular flexibility index (Phi) is 1.62. The van der Waals surface area contributed by atoms with Gasteiger partial charge >= 0.3 is 0 Å². The standard InChI is InChI=1S/C9H7ClN2/c10-7-3-1-2-6-8(11)4-5-12-9(6)7/h1-5H,(H2,11,12). The van der Waals surface area contributed by atoms with Crippen LogP contribution in [0.5, 0.6) is 0 Å². The molecular formula is C9H7ClN2. The van der Waals surface area contributed by atoms with Crippen LogP contribution in [0.3, 0.4) is 0 Å². The number of anilines is 1. The van der Waals surface area contributed by atoms with Gasteiger partial charge in [0.05, 0.1) is 10.5 Å². The highest BCUT2D eigenvalue weighted by Gasteiger charge is 2.00. The fraction of sp³-hybridized carbons (Fsp3) is 0. The number of aromatic nitrogens is 1. The lowest BCUT2D eigenvalue weighted by molar-refractivity contribution is 1.41. The van der Waals surface area contributed by atoms with Gasteiger partial charge < -0.3 is 5.73 Å². The first-order valence-corrected chi connectivity index (χ1v) is 3.95. The van der Waals surface area contributed by atoms with Crippen molar-refractivity contribution in [1.29, 1.82) is 0 Å². The Balaban J connectivity index is 2.94. The number of rotatable bonds is 0. The quantitative estimate of drug-likeness (QED) is 0.673. The average molecular weight is 179 g/mol. The van der Waals surface area contributed by atoms with E-state index in [2.05, 4.69) is 4.98 Å². The van der Waals surface area contributed by atoms with E-state index in [-0.39, 0.29) is 0 Å². The Hall–Kier alpha value is -1.28. The minimum Gasteiger partial charge on any atom is -0.398 e. The van der Waals surface area contributed by atoms with Crippen LogP contribution in [0.4, 0.5) is 5.69 Å². The van der Waals surface area contributed by atoms with Crippen LogP contribution in [0, 0.1) is 0 Å². The zero-order valence-corrected chi connectivity index (χ0v) is 7.05. The maximum Gasteiger partial charge on any atom is 0.0908 e. The number of fused-ring (bicyclic) bond motifs is 1. The maximum absolute atomic E-state index is 5.91. The predicted molar refractivity (Wildman–Crippen MR) is 51.2 cm³/mol. The lowest BCUT2D eigenvalue weighted by Gasteiger charge is -2.00. The van der Waals surface area contributed by atoms with Gasteiger partial charge in [-0.3, -0.25) is 4.98 Å². The van der Waals surface area contributed by atoms with E-state index in [9.17, 15) is 0 Å². The van der Waals surface area contributed by atoms with Crippen molar-refractivity contribution in [3.05, 3.63) is 35.5 Å². The number of nitrogen functional groups attached to an aromatic ring is 1. The molecule has 1 aromatic heterocycles. The van der Waals surface area contributed by atoms with E-state index >= 15 is 0 Å². The number of pyridine rings is 1. The van der Waals surface area contributed by atoms with Gasteiger partial charge in [0.25, 0.3) is 0 Å². The fourth-order valence-electron chi connectivity index (χ4n) is 1.16. The number of benzene rings is 1. The van der Waals surface area contributed by atoms with Gasteiger partial charge in [-0.05, 0) is 12.1 Å². The second-order valence-corrected chi connectivity index (χ2v) is 2.94. The predicted octanol–water partition coefficient (Wildman–Crippen LogP) is 2.47. The smallest absolute Gasteiger partial charge is 0.0908 e. The molecule has 0 aliphatic heterocycles. The van der Waals surface area contributed by atoms with Crippen molar-refractivity contribution in [2.45, 2.75) is 0 Å². The summed E-state index contributed by atoms with van der Waals surface area (Å²) >= 11 is 5.91. The van der Waals surface area contributed by atoms with E-state index < -0.39 is 0 Å². The second-order valence-electron chi connectivity index (χ2n) is 2.54. The SMILES string of the molecule is Nc1ccnc2c(Cl)cccc12. The highest BCUT2D eigenvalue weighted by Crippen LogP contribution is 2.24. The molecule has 0 aliphatic carbocycles. The Labute approximate surface area is 75.0 Å². The van der Waals surface area contributed by atoms with Crippen LogP contribution in [0.2, 0.25) is 5.02 Å². The number of para-hydroxylation sites is 1. The Morgan fingerprint density at radius 2 is 2.08 bits per heavy atom. The molecule has 0 radical (unpaired) electrons. The molecule has 2 N–H and O–H groups in total. The van der Waals surface area contributed by atoms with Crippen molar-refractivity contribution in [3.8, 4) is 0 Å². The molecule has 2 rings (SSSR count). The summed E-state index contributed by atoms with van der Waals surface area (Å²) in [4.78, 5) is 4.13. The molecule has 0 bridgehead atoms. The second kappa shape index (κ2) is 2.64. The van der Waals surface area contributed by atoms with Crippen molar-refractivity contribution in [1.82, 2.24) is 4.98 Å². The molecule has 0 saturated heterocycles. The van der Waals surface area contributed by atoms with E-state index in [4.69, 9.17) is 17.3 Å². The first-order valence-electron chi connectivity index (χ1n) is 3.58. The zero-order valence-electron chi connectivity index (χ0n) is 6.29. The van der Waals surface area contributed by atoms with Crippen molar-refractivity contribution in [2.24, 2.45) is 0 Å². The summed E-state index contributed by atoms with van der Waals surface area (Å²) in [5, 5.41) is 1.55. The lowest BCUT2D eigenvalue weighted by atomic mass is 10.2. The molecule has 0 spiro atoms. The molecule has 60 valence electrons. The Morgan fingerprint density at radius 3 is 2.83 bits per heavy atom. The highest BCUT2D eigenvalue weighted by atomic mass is 35.5. The van der Waals surface area contributed by atoms with Gasteiger partial charge in [0, 0.05) is 17.3 Å². The van der Waals surface area contributed by atoms with Gasteiger partial charge in [0.2, 0.25) is 0 Å². The van der Waals surface area contributed by atoms with Crippen molar-refractivity contribution < 1.29 is 0 Å².